The second-order valence-electron chi connectivity index (χ2n) is 4.58. The largest absolute Gasteiger partial charge is 0.481 e. The van der Waals surface area contributed by atoms with E-state index in [2.05, 4.69) is 26.1 Å². The van der Waals surface area contributed by atoms with Gasteiger partial charge in [0.25, 0.3) is 0 Å². The van der Waals surface area contributed by atoms with Crippen LogP contribution in [0.15, 0.2) is 12.1 Å². The van der Waals surface area contributed by atoms with Gasteiger partial charge in [0, 0.05) is 22.3 Å². The molecule has 96 valence electrons. The maximum absolute atomic E-state index is 10.6. The average molecular weight is 255 g/mol. The first-order valence-electron chi connectivity index (χ1n) is 6.05. The van der Waals surface area contributed by atoms with Gasteiger partial charge in [-0.1, -0.05) is 20.8 Å². The standard InChI is InChI=1S/C13H21NO2S/c1-4-12(9(2)3)14-8-11-6-5-10(17-11)7-13(15)16/h5-6,9,12,14H,4,7-8H2,1-3H3,(H,15,16). The number of hydrogen-bond acceptors (Lipinski definition) is 3. The molecule has 0 fully saturated rings. The Bertz CT molecular complexity index is 360. The molecule has 0 saturated heterocycles. The number of hydrogen-bond donors (Lipinski definition) is 2. The molecule has 0 bridgehead atoms. The highest BCUT2D eigenvalue weighted by atomic mass is 32.1. The molecule has 1 unspecified atom stereocenters. The number of rotatable bonds is 7. The molecule has 1 heterocycles. The van der Waals surface area contributed by atoms with Crippen LogP contribution in [0.2, 0.25) is 0 Å². The van der Waals surface area contributed by atoms with Crippen molar-refractivity contribution in [1.29, 1.82) is 0 Å². The third kappa shape index (κ3) is 4.88. The Morgan fingerprint density at radius 1 is 1.41 bits per heavy atom. The van der Waals surface area contributed by atoms with E-state index < -0.39 is 5.97 Å². The summed E-state index contributed by atoms with van der Waals surface area (Å²) < 4.78 is 0. The van der Waals surface area contributed by atoms with Crippen molar-refractivity contribution in [1.82, 2.24) is 5.32 Å². The first-order valence-corrected chi connectivity index (χ1v) is 6.87. The van der Waals surface area contributed by atoms with E-state index in [0.29, 0.717) is 12.0 Å². The molecule has 17 heavy (non-hydrogen) atoms. The summed E-state index contributed by atoms with van der Waals surface area (Å²) in [6.45, 7) is 7.44. The van der Waals surface area contributed by atoms with Gasteiger partial charge in [-0.25, -0.2) is 0 Å². The van der Waals surface area contributed by atoms with Crippen molar-refractivity contribution in [3.05, 3.63) is 21.9 Å². The van der Waals surface area contributed by atoms with Crippen LogP contribution in [-0.2, 0) is 17.8 Å². The van der Waals surface area contributed by atoms with Crippen LogP contribution in [-0.4, -0.2) is 17.1 Å². The Kier molecular flexibility index (Phi) is 5.65. The van der Waals surface area contributed by atoms with E-state index in [1.165, 1.54) is 4.88 Å². The third-order valence-corrected chi connectivity index (χ3v) is 3.91. The van der Waals surface area contributed by atoms with Crippen molar-refractivity contribution in [3.63, 3.8) is 0 Å². The maximum Gasteiger partial charge on any atom is 0.308 e. The summed E-state index contributed by atoms with van der Waals surface area (Å²) in [5, 5.41) is 12.2. The second-order valence-corrected chi connectivity index (χ2v) is 5.83. The molecule has 1 aromatic rings. The van der Waals surface area contributed by atoms with E-state index in [1.54, 1.807) is 11.3 Å². The topological polar surface area (TPSA) is 49.3 Å². The van der Waals surface area contributed by atoms with Crippen molar-refractivity contribution < 1.29 is 9.90 Å². The highest BCUT2D eigenvalue weighted by Crippen LogP contribution is 2.17. The van der Waals surface area contributed by atoms with E-state index in [1.807, 2.05) is 12.1 Å². The van der Waals surface area contributed by atoms with Gasteiger partial charge in [0.1, 0.15) is 0 Å². The summed E-state index contributed by atoms with van der Waals surface area (Å²) in [6, 6.07) is 4.45. The molecule has 3 nitrogen and oxygen atoms in total. The van der Waals surface area contributed by atoms with Crippen LogP contribution >= 0.6 is 11.3 Å². The van der Waals surface area contributed by atoms with E-state index in [4.69, 9.17) is 5.11 Å². The van der Waals surface area contributed by atoms with Gasteiger partial charge in [0.2, 0.25) is 0 Å². The number of thiophene rings is 1. The van der Waals surface area contributed by atoms with Crippen molar-refractivity contribution in [3.8, 4) is 0 Å². The molecule has 2 N–H and O–H groups in total. The Labute approximate surface area is 107 Å². The molecular formula is C13H21NO2S. The molecule has 4 heteroatoms. The molecule has 0 saturated carbocycles. The van der Waals surface area contributed by atoms with Gasteiger partial charge in [-0.2, -0.15) is 0 Å². The van der Waals surface area contributed by atoms with Gasteiger partial charge in [-0.05, 0) is 24.5 Å². The van der Waals surface area contributed by atoms with E-state index in [9.17, 15) is 4.79 Å². The Hall–Kier alpha value is -0.870. The zero-order valence-corrected chi connectivity index (χ0v) is 11.5. The summed E-state index contributed by atoms with van der Waals surface area (Å²) >= 11 is 1.58. The summed E-state index contributed by atoms with van der Waals surface area (Å²) in [5.74, 6) is -0.140. The highest BCUT2D eigenvalue weighted by Gasteiger charge is 2.11. The lowest BCUT2D eigenvalue weighted by molar-refractivity contribution is -0.136. The SMILES string of the molecule is CCC(NCc1ccc(CC(=O)O)s1)C(C)C. The number of aliphatic carboxylic acids is 1. The minimum atomic E-state index is -0.764. The minimum Gasteiger partial charge on any atom is -0.481 e. The van der Waals surface area contributed by atoms with E-state index in [0.717, 1.165) is 17.8 Å². The number of carbonyl (C=O) groups is 1. The van der Waals surface area contributed by atoms with Gasteiger partial charge < -0.3 is 10.4 Å². The molecule has 1 aromatic heterocycles. The molecule has 1 rings (SSSR count). The maximum atomic E-state index is 10.6. The fourth-order valence-electron chi connectivity index (χ4n) is 1.84. The normalized spacial score (nSPS) is 12.9. The highest BCUT2D eigenvalue weighted by molar-refractivity contribution is 7.12. The summed E-state index contributed by atoms with van der Waals surface area (Å²) in [4.78, 5) is 12.7. The molecule has 1 atom stereocenters. The summed E-state index contributed by atoms with van der Waals surface area (Å²) in [6.07, 6.45) is 1.25. The number of carboxylic acid groups (broad SMARTS) is 1. The molecule has 0 aliphatic heterocycles. The zero-order valence-electron chi connectivity index (χ0n) is 10.7. The summed E-state index contributed by atoms with van der Waals surface area (Å²) in [5.41, 5.74) is 0. The zero-order chi connectivity index (χ0) is 12.8. The van der Waals surface area contributed by atoms with Crippen molar-refractivity contribution in [2.24, 2.45) is 5.92 Å². The van der Waals surface area contributed by atoms with Crippen molar-refractivity contribution >= 4 is 17.3 Å². The molecule has 0 spiro atoms. The molecule has 0 aromatic carbocycles. The first-order chi connectivity index (χ1) is 8.02. The van der Waals surface area contributed by atoms with Crippen LogP contribution in [0, 0.1) is 5.92 Å². The average Bonchev–Trinajstić information content (AvgIpc) is 2.65. The van der Waals surface area contributed by atoms with Gasteiger partial charge in [-0.15, -0.1) is 11.3 Å². The lowest BCUT2D eigenvalue weighted by atomic mass is 10.0. The van der Waals surface area contributed by atoms with Crippen LogP contribution in [0.4, 0.5) is 0 Å². The quantitative estimate of drug-likeness (QED) is 0.787. The van der Waals surface area contributed by atoms with Crippen molar-refractivity contribution in [2.75, 3.05) is 0 Å². The van der Waals surface area contributed by atoms with Gasteiger partial charge in [0.15, 0.2) is 0 Å². The smallest absolute Gasteiger partial charge is 0.308 e. The lowest BCUT2D eigenvalue weighted by Gasteiger charge is -2.20. The van der Waals surface area contributed by atoms with Crippen LogP contribution < -0.4 is 5.32 Å². The minimum absolute atomic E-state index is 0.131. The number of carboxylic acids is 1. The third-order valence-electron chi connectivity index (χ3n) is 2.83. The second kappa shape index (κ2) is 6.77. The fourth-order valence-corrected chi connectivity index (χ4v) is 2.80. The fraction of sp³-hybridized carbons (Fsp3) is 0.615. The molecule has 0 radical (unpaired) electrons. The Balaban J connectivity index is 2.46. The molecular weight excluding hydrogens is 234 g/mol. The first kappa shape index (κ1) is 14.2. The van der Waals surface area contributed by atoms with Crippen LogP contribution in [0.3, 0.4) is 0 Å². The number of nitrogens with one attached hydrogen (secondary N) is 1. The molecule has 0 amide bonds. The molecule has 0 aliphatic carbocycles. The van der Waals surface area contributed by atoms with Crippen LogP contribution in [0.5, 0.6) is 0 Å². The molecule has 0 aliphatic rings. The Morgan fingerprint density at radius 2 is 2.06 bits per heavy atom. The summed E-state index contributed by atoms with van der Waals surface area (Å²) in [7, 11) is 0. The van der Waals surface area contributed by atoms with Gasteiger partial charge in [0.05, 0.1) is 6.42 Å². The van der Waals surface area contributed by atoms with E-state index in [-0.39, 0.29) is 6.42 Å². The predicted molar refractivity (Wildman–Crippen MR) is 71.4 cm³/mol. The van der Waals surface area contributed by atoms with Gasteiger partial charge in [-0.3, -0.25) is 4.79 Å². The monoisotopic (exact) mass is 255 g/mol. The Morgan fingerprint density at radius 3 is 2.59 bits per heavy atom. The predicted octanol–water partition coefficient (Wildman–Crippen LogP) is 2.90. The van der Waals surface area contributed by atoms with E-state index >= 15 is 0 Å². The van der Waals surface area contributed by atoms with Gasteiger partial charge >= 0.3 is 5.97 Å². The van der Waals surface area contributed by atoms with Crippen LogP contribution in [0.25, 0.3) is 0 Å². The van der Waals surface area contributed by atoms with Crippen molar-refractivity contribution in [2.45, 2.75) is 46.2 Å². The lowest BCUT2D eigenvalue weighted by Crippen LogP contribution is -2.32. The van der Waals surface area contributed by atoms with Crippen LogP contribution in [0.1, 0.15) is 36.9 Å².